The van der Waals surface area contributed by atoms with Gasteiger partial charge in [-0.15, -0.1) is 0 Å². The van der Waals surface area contributed by atoms with Crippen molar-refractivity contribution in [2.45, 2.75) is 57.2 Å². The van der Waals surface area contributed by atoms with Gasteiger partial charge in [-0.2, -0.15) is 0 Å². The molecule has 0 spiro atoms. The molecule has 3 heteroatoms. The van der Waals surface area contributed by atoms with E-state index in [-0.39, 0.29) is 11.3 Å². The van der Waals surface area contributed by atoms with E-state index in [0.717, 1.165) is 32.2 Å². The van der Waals surface area contributed by atoms with Crippen molar-refractivity contribution in [3.8, 4) is 0 Å². The maximum Gasteiger partial charge on any atom is 0.138 e. The van der Waals surface area contributed by atoms with Crippen LogP contribution in [0.3, 0.4) is 0 Å². The van der Waals surface area contributed by atoms with Crippen molar-refractivity contribution in [3.05, 3.63) is 35.9 Å². The summed E-state index contributed by atoms with van der Waals surface area (Å²) in [7, 11) is 0. The van der Waals surface area contributed by atoms with Crippen molar-refractivity contribution in [1.82, 2.24) is 5.32 Å². The number of carbonyl (C=O) groups excluding carboxylic acids is 1. The van der Waals surface area contributed by atoms with Gasteiger partial charge in [-0.25, -0.2) is 0 Å². The zero-order valence-corrected chi connectivity index (χ0v) is 12.1. The van der Waals surface area contributed by atoms with Crippen molar-refractivity contribution in [2.75, 3.05) is 0 Å². The number of nitrogens with one attached hydrogen (secondary N) is 1. The molecule has 0 radical (unpaired) electrons. The highest BCUT2D eigenvalue weighted by molar-refractivity contribution is 5.83. The summed E-state index contributed by atoms with van der Waals surface area (Å²) in [6.45, 7) is 2.47. The zero-order chi connectivity index (χ0) is 14.2. The monoisotopic (exact) mass is 273 g/mol. The molecule has 1 unspecified atom stereocenters. The maximum absolute atomic E-state index is 11.9. The van der Waals surface area contributed by atoms with E-state index in [2.05, 4.69) is 17.4 Å². The molecule has 0 amide bonds. The number of aliphatic hydroxyl groups excluding tert-OH is 1. The van der Waals surface area contributed by atoms with Crippen LogP contribution in [0, 0.1) is 5.41 Å². The molecule has 2 bridgehead atoms. The molecule has 0 aliphatic heterocycles. The van der Waals surface area contributed by atoms with Gasteiger partial charge in [0.25, 0.3) is 0 Å². The third kappa shape index (κ3) is 2.19. The predicted molar refractivity (Wildman–Crippen MR) is 78.2 cm³/mol. The Hall–Kier alpha value is -1.19. The van der Waals surface area contributed by atoms with Crippen LogP contribution in [0.1, 0.15) is 44.6 Å². The normalized spacial score (nSPS) is 36.0. The van der Waals surface area contributed by atoms with E-state index >= 15 is 0 Å². The highest BCUT2D eigenvalue weighted by Gasteiger charge is 2.56. The lowest BCUT2D eigenvalue weighted by Crippen LogP contribution is -2.62. The van der Waals surface area contributed by atoms with E-state index < -0.39 is 11.5 Å². The highest BCUT2D eigenvalue weighted by Crippen LogP contribution is 2.52. The number of aliphatic hydroxyl groups is 1. The van der Waals surface area contributed by atoms with Crippen LogP contribution in [-0.4, -0.2) is 22.5 Å². The van der Waals surface area contributed by atoms with Crippen molar-refractivity contribution >= 4 is 5.78 Å². The van der Waals surface area contributed by atoms with E-state index in [1.807, 2.05) is 18.2 Å². The predicted octanol–water partition coefficient (Wildman–Crippen LogP) is 2.43. The fourth-order valence-electron chi connectivity index (χ4n) is 4.00. The first-order valence-electron chi connectivity index (χ1n) is 7.54. The molecule has 1 aromatic carbocycles. The van der Waals surface area contributed by atoms with Gasteiger partial charge in [-0.3, -0.25) is 4.79 Å². The van der Waals surface area contributed by atoms with Crippen LogP contribution in [-0.2, 0) is 11.3 Å². The Balaban J connectivity index is 1.69. The largest absolute Gasteiger partial charge is 0.392 e. The summed E-state index contributed by atoms with van der Waals surface area (Å²) < 4.78 is 0. The Kier molecular flexibility index (Phi) is 3.43. The molecule has 3 aliphatic rings. The fourth-order valence-corrected chi connectivity index (χ4v) is 4.00. The second-order valence-electron chi connectivity index (χ2n) is 6.55. The SMILES string of the molecule is CC(=O)C12CCC(NCc3ccccc3)(CC1)CC2O. The second-order valence-corrected chi connectivity index (χ2v) is 6.55. The van der Waals surface area contributed by atoms with E-state index in [1.165, 1.54) is 5.56 Å². The van der Waals surface area contributed by atoms with Crippen molar-refractivity contribution in [1.29, 1.82) is 0 Å². The Bertz CT molecular complexity index is 489. The van der Waals surface area contributed by atoms with Crippen LogP contribution >= 0.6 is 0 Å². The highest BCUT2D eigenvalue weighted by atomic mass is 16.3. The molecule has 3 aliphatic carbocycles. The Morgan fingerprint density at radius 1 is 1.25 bits per heavy atom. The Labute approximate surface area is 120 Å². The fraction of sp³-hybridized carbons (Fsp3) is 0.588. The van der Waals surface area contributed by atoms with Gasteiger partial charge in [0.15, 0.2) is 0 Å². The minimum absolute atomic E-state index is 0.0203. The second kappa shape index (κ2) is 4.97. The summed E-state index contributed by atoms with van der Waals surface area (Å²) >= 11 is 0. The number of rotatable bonds is 4. The summed E-state index contributed by atoms with van der Waals surface area (Å²) in [5.41, 5.74) is 0.841. The molecule has 3 nitrogen and oxygen atoms in total. The minimum Gasteiger partial charge on any atom is -0.392 e. The molecule has 0 aromatic heterocycles. The van der Waals surface area contributed by atoms with Crippen molar-refractivity contribution in [3.63, 3.8) is 0 Å². The average molecular weight is 273 g/mol. The first-order chi connectivity index (χ1) is 9.56. The number of Topliss-reactive ketones (excluding diaryl/α,β-unsaturated/α-hetero) is 1. The summed E-state index contributed by atoms with van der Waals surface area (Å²) in [5, 5.41) is 14.1. The third-order valence-corrected chi connectivity index (χ3v) is 5.53. The third-order valence-electron chi connectivity index (χ3n) is 5.53. The minimum atomic E-state index is -0.481. The van der Waals surface area contributed by atoms with Gasteiger partial charge >= 0.3 is 0 Å². The first-order valence-corrected chi connectivity index (χ1v) is 7.54. The molecular formula is C17H23NO2. The van der Waals surface area contributed by atoms with Crippen LogP contribution < -0.4 is 5.32 Å². The van der Waals surface area contributed by atoms with Crippen LogP contribution in [0.25, 0.3) is 0 Å². The maximum atomic E-state index is 11.9. The number of hydrogen-bond donors (Lipinski definition) is 2. The molecule has 3 saturated carbocycles. The molecule has 2 N–H and O–H groups in total. The molecule has 4 rings (SSSR count). The summed E-state index contributed by atoms with van der Waals surface area (Å²) in [5.74, 6) is 0.168. The van der Waals surface area contributed by atoms with Crippen LogP contribution in [0.15, 0.2) is 30.3 Å². The van der Waals surface area contributed by atoms with Gasteiger partial charge in [-0.05, 0) is 44.6 Å². The molecule has 1 atom stereocenters. The summed E-state index contributed by atoms with van der Waals surface area (Å²) in [4.78, 5) is 11.9. The van der Waals surface area contributed by atoms with Gasteiger partial charge in [0.2, 0.25) is 0 Å². The number of carbonyl (C=O) groups is 1. The molecular weight excluding hydrogens is 250 g/mol. The average Bonchev–Trinajstić information content (AvgIpc) is 2.47. The van der Waals surface area contributed by atoms with Crippen molar-refractivity contribution in [2.24, 2.45) is 5.41 Å². The number of fused-ring (bicyclic) bond motifs is 3. The van der Waals surface area contributed by atoms with Crippen LogP contribution in [0.4, 0.5) is 0 Å². The first kappa shape index (κ1) is 13.8. The molecule has 20 heavy (non-hydrogen) atoms. The van der Waals surface area contributed by atoms with Gasteiger partial charge in [0.1, 0.15) is 5.78 Å². The molecule has 108 valence electrons. The zero-order valence-electron chi connectivity index (χ0n) is 12.1. The van der Waals surface area contributed by atoms with Gasteiger partial charge in [0.05, 0.1) is 11.5 Å². The standard InChI is InChI=1S/C17H23NO2/c1-13(19)17-9-7-16(8-10-17,11-15(17)20)18-12-14-5-3-2-4-6-14/h2-6,15,18,20H,7-12H2,1H3. The topological polar surface area (TPSA) is 49.3 Å². The lowest BCUT2D eigenvalue weighted by atomic mass is 9.54. The molecule has 0 heterocycles. The van der Waals surface area contributed by atoms with E-state index in [1.54, 1.807) is 6.92 Å². The van der Waals surface area contributed by atoms with E-state index in [0.29, 0.717) is 6.42 Å². The molecule has 3 fully saturated rings. The van der Waals surface area contributed by atoms with E-state index in [9.17, 15) is 9.90 Å². The van der Waals surface area contributed by atoms with Gasteiger partial charge in [0, 0.05) is 12.1 Å². The van der Waals surface area contributed by atoms with E-state index in [4.69, 9.17) is 0 Å². The Morgan fingerprint density at radius 3 is 2.45 bits per heavy atom. The lowest BCUT2D eigenvalue weighted by molar-refractivity contribution is -0.150. The van der Waals surface area contributed by atoms with Gasteiger partial charge in [-0.1, -0.05) is 30.3 Å². The summed E-state index contributed by atoms with van der Waals surface area (Å²) in [6, 6.07) is 10.4. The van der Waals surface area contributed by atoms with Crippen LogP contribution in [0.5, 0.6) is 0 Å². The summed E-state index contributed by atoms with van der Waals surface area (Å²) in [6.07, 6.45) is 3.87. The molecule has 1 aromatic rings. The van der Waals surface area contributed by atoms with Crippen molar-refractivity contribution < 1.29 is 9.90 Å². The van der Waals surface area contributed by atoms with Crippen LogP contribution in [0.2, 0.25) is 0 Å². The number of benzene rings is 1. The lowest BCUT2D eigenvalue weighted by Gasteiger charge is -2.55. The Morgan fingerprint density at radius 2 is 1.90 bits per heavy atom. The van der Waals surface area contributed by atoms with Gasteiger partial charge < -0.3 is 10.4 Å². The molecule has 0 saturated heterocycles. The number of hydrogen-bond acceptors (Lipinski definition) is 3. The number of ketones is 1. The smallest absolute Gasteiger partial charge is 0.138 e. The quantitative estimate of drug-likeness (QED) is 0.886.